The zero-order valence-electron chi connectivity index (χ0n) is 15.7. The van der Waals surface area contributed by atoms with Gasteiger partial charge in [-0.15, -0.1) is 0 Å². The maximum atomic E-state index is 12.7. The van der Waals surface area contributed by atoms with E-state index in [0.29, 0.717) is 5.69 Å². The molecule has 0 aliphatic rings. The summed E-state index contributed by atoms with van der Waals surface area (Å²) in [6.07, 6.45) is 1.12. The van der Waals surface area contributed by atoms with Gasteiger partial charge in [0.15, 0.2) is 0 Å². The second kappa shape index (κ2) is 8.01. The normalized spacial score (nSPS) is 13.4. The van der Waals surface area contributed by atoms with Crippen molar-refractivity contribution in [2.75, 3.05) is 10.6 Å². The van der Waals surface area contributed by atoms with Gasteiger partial charge in [-0.3, -0.25) is 9.10 Å². The van der Waals surface area contributed by atoms with E-state index in [1.54, 1.807) is 19.1 Å². The molecule has 0 unspecified atom stereocenters. The molecule has 0 bridgehead atoms. The molecule has 136 valence electrons. The molecule has 6 heteroatoms. The standard InChI is InChI=1S/C18H30N2O3S/c1-12(2)17(13(3)4)19-18(21)15(6)20(24(7,22)23)16-10-8-14(5)9-11-16/h8-13,15,17H,1-7H3,(H,19,21)/t15-/m1/s1. The number of carbonyl (C=O) groups excluding carboxylic acids is 1. The quantitative estimate of drug-likeness (QED) is 0.819. The smallest absolute Gasteiger partial charge is 0.243 e. The lowest BCUT2D eigenvalue weighted by molar-refractivity contribution is -0.123. The Morgan fingerprint density at radius 3 is 1.83 bits per heavy atom. The van der Waals surface area contributed by atoms with E-state index in [0.717, 1.165) is 11.8 Å². The molecule has 1 atom stereocenters. The Balaban J connectivity index is 3.11. The first-order valence-corrected chi connectivity index (χ1v) is 10.2. The van der Waals surface area contributed by atoms with Crippen LogP contribution < -0.4 is 9.62 Å². The summed E-state index contributed by atoms with van der Waals surface area (Å²) >= 11 is 0. The maximum Gasteiger partial charge on any atom is 0.243 e. The average molecular weight is 355 g/mol. The molecule has 1 aromatic rings. The minimum absolute atomic E-state index is 0.000576. The Bertz CT molecular complexity index is 643. The number of sulfonamides is 1. The van der Waals surface area contributed by atoms with Gasteiger partial charge in [-0.2, -0.15) is 0 Å². The van der Waals surface area contributed by atoms with E-state index in [4.69, 9.17) is 0 Å². The molecule has 5 nitrogen and oxygen atoms in total. The van der Waals surface area contributed by atoms with Crippen molar-refractivity contribution in [2.45, 2.75) is 53.6 Å². The molecule has 1 rings (SSSR count). The highest BCUT2D eigenvalue weighted by Crippen LogP contribution is 2.22. The van der Waals surface area contributed by atoms with Crippen molar-refractivity contribution in [3.05, 3.63) is 29.8 Å². The molecule has 1 aromatic carbocycles. The lowest BCUT2D eigenvalue weighted by atomic mass is 9.93. The van der Waals surface area contributed by atoms with Gasteiger partial charge in [0.25, 0.3) is 0 Å². The summed E-state index contributed by atoms with van der Waals surface area (Å²) in [6, 6.07) is 6.30. The van der Waals surface area contributed by atoms with Gasteiger partial charge in [0.2, 0.25) is 15.9 Å². The molecular weight excluding hydrogens is 324 g/mol. The molecule has 1 amide bonds. The highest BCUT2D eigenvalue weighted by molar-refractivity contribution is 7.92. The number of hydrogen-bond donors (Lipinski definition) is 1. The molecule has 0 aliphatic heterocycles. The summed E-state index contributed by atoms with van der Waals surface area (Å²) in [5.41, 5.74) is 1.53. The van der Waals surface area contributed by atoms with Crippen LogP contribution in [0.2, 0.25) is 0 Å². The first-order chi connectivity index (χ1) is 10.9. The van der Waals surface area contributed by atoms with E-state index in [1.165, 1.54) is 4.31 Å². The van der Waals surface area contributed by atoms with Crippen LogP contribution in [0.3, 0.4) is 0 Å². The minimum Gasteiger partial charge on any atom is -0.351 e. The van der Waals surface area contributed by atoms with Gasteiger partial charge < -0.3 is 5.32 Å². The lowest BCUT2D eigenvalue weighted by Gasteiger charge is -2.32. The summed E-state index contributed by atoms with van der Waals surface area (Å²) in [5.74, 6) is 0.257. The fourth-order valence-electron chi connectivity index (χ4n) is 2.89. The first kappa shape index (κ1) is 20.5. The maximum absolute atomic E-state index is 12.7. The molecule has 0 saturated carbocycles. The number of anilines is 1. The summed E-state index contributed by atoms with van der Waals surface area (Å²) < 4.78 is 25.7. The van der Waals surface area contributed by atoms with Crippen LogP contribution in [0, 0.1) is 18.8 Å². The summed E-state index contributed by atoms with van der Waals surface area (Å²) in [4.78, 5) is 12.7. The van der Waals surface area contributed by atoms with Crippen molar-refractivity contribution >= 4 is 21.6 Å². The van der Waals surface area contributed by atoms with Gasteiger partial charge in [-0.25, -0.2) is 8.42 Å². The number of aryl methyl sites for hydroxylation is 1. The molecule has 24 heavy (non-hydrogen) atoms. The fourth-order valence-corrected chi connectivity index (χ4v) is 4.06. The highest BCUT2D eigenvalue weighted by atomic mass is 32.2. The van der Waals surface area contributed by atoms with Gasteiger partial charge in [0.1, 0.15) is 6.04 Å². The monoisotopic (exact) mass is 354 g/mol. The Labute approximate surface area is 146 Å². The van der Waals surface area contributed by atoms with Crippen LogP contribution in [0.4, 0.5) is 5.69 Å². The number of nitrogens with one attached hydrogen (secondary N) is 1. The topological polar surface area (TPSA) is 66.5 Å². The molecule has 0 fully saturated rings. The first-order valence-electron chi connectivity index (χ1n) is 8.31. The van der Waals surface area contributed by atoms with Crippen LogP contribution in [0.1, 0.15) is 40.2 Å². The van der Waals surface area contributed by atoms with Gasteiger partial charge in [0, 0.05) is 6.04 Å². The third kappa shape index (κ3) is 5.23. The molecule has 0 aromatic heterocycles. The number of carbonyl (C=O) groups is 1. The van der Waals surface area contributed by atoms with Crippen LogP contribution in [-0.4, -0.2) is 32.7 Å². The fraction of sp³-hybridized carbons (Fsp3) is 0.611. The highest BCUT2D eigenvalue weighted by Gasteiger charge is 2.31. The zero-order chi connectivity index (χ0) is 18.7. The summed E-state index contributed by atoms with van der Waals surface area (Å²) in [6.45, 7) is 11.7. The molecule has 0 saturated heterocycles. The van der Waals surface area contributed by atoms with Crippen LogP contribution in [0.15, 0.2) is 24.3 Å². The molecule has 1 N–H and O–H groups in total. The van der Waals surface area contributed by atoms with Crippen LogP contribution in [0.25, 0.3) is 0 Å². The second-order valence-corrected chi connectivity index (χ2v) is 8.95. The van der Waals surface area contributed by atoms with E-state index >= 15 is 0 Å². The lowest BCUT2D eigenvalue weighted by Crippen LogP contribution is -2.52. The van der Waals surface area contributed by atoms with Crippen molar-refractivity contribution in [3.63, 3.8) is 0 Å². The number of nitrogens with zero attached hydrogens (tertiary/aromatic N) is 1. The minimum atomic E-state index is -3.58. The number of benzene rings is 1. The van der Waals surface area contributed by atoms with Crippen LogP contribution in [0.5, 0.6) is 0 Å². The Hall–Kier alpha value is -1.56. The van der Waals surface area contributed by atoms with Gasteiger partial charge in [-0.1, -0.05) is 45.4 Å². The second-order valence-electron chi connectivity index (χ2n) is 7.09. The Kier molecular flexibility index (Phi) is 6.84. The Morgan fingerprint density at radius 2 is 1.46 bits per heavy atom. The largest absolute Gasteiger partial charge is 0.351 e. The summed E-state index contributed by atoms with van der Waals surface area (Å²) in [5, 5.41) is 3.00. The van der Waals surface area contributed by atoms with Crippen LogP contribution >= 0.6 is 0 Å². The van der Waals surface area contributed by atoms with Crippen molar-refractivity contribution in [2.24, 2.45) is 11.8 Å². The van der Waals surface area contributed by atoms with E-state index in [-0.39, 0.29) is 23.8 Å². The number of amides is 1. The van der Waals surface area contributed by atoms with E-state index < -0.39 is 16.1 Å². The molecule has 0 aliphatic carbocycles. The molecular formula is C18H30N2O3S. The number of hydrogen-bond acceptors (Lipinski definition) is 3. The van der Waals surface area contributed by atoms with E-state index in [9.17, 15) is 13.2 Å². The predicted octanol–water partition coefficient (Wildman–Crippen LogP) is 2.95. The van der Waals surface area contributed by atoms with Crippen molar-refractivity contribution in [1.82, 2.24) is 5.32 Å². The van der Waals surface area contributed by atoms with Crippen LogP contribution in [-0.2, 0) is 14.8 Å². The number of rotatable bonds is 7. The average Bonchev–Trinajstić information content (AvgIpc) is 2.44. The van der Waals surface area contributed by atoms with Crippen molar-refractivity contribution < 1.29 is 13.2 Å². The van der Waals surface area contributed by atoms with Gasteiger partial charge in [0.05, 0.1) is 11.9 Å². The summed E-state index contributed by atoms with van der Waals surface area (Å²) in [7, 11) is -3.58. The Morgan fingerprint density at radius 1 is 1.00 bits per heavy atom. The molecule has 0 spiro atoms. The predicted molar refractivity (Wildman–Crippen MR) is 99.6 cm³/mol. The van der Waals surface area contributed by atoms with E-state index in [1.807, 2.05) is 46.8 Å². The van der Waals surface area contributed by atoms with Gasteiger partial charge in [-0.05, 0) is 37.8 Å². The van der Waals surface area contributed by atoms with Gasteiger partial charge >= 0.3 is 0 Å². The third-order valence-corrected chi connectivity index (χ3v) is 5.36. The van der Waals surface area contributed by atoms with Crippen molar-refractivity contribution in [3.8, 4) is 0 Å². The molecule has 0 radical (unpaired) electrons. The molecule has 0 heterocycles. The third-order valence-electron chi connectivity index (χ3n) is 4.12. The van der Waals surface area contributed by atoms with E-state index in [2.05, 4.69) is 5.32 Å². The SMILES string of the molecule is Cc1ccc(N([C@H](C)C(=O)NC(C(C)C)C(C)C)S(C)(=O)=O)cc1. The van der Waals surface area contributed by atoms with Crippen molar-refractivity contribution in [1.29, 1.82) is 0 Å². The zero-order valence-corrected chi connectivity index (χ0v) is 16.5.